The van der Waals surface area contributed by atoms with Crippen molar-refractivity contribution in [1.29, 1.82) is 0 Å². The number of likely N-dealkylation sites (tertiary alicyclic amines) is 1. The van der Waals surface area contributed by atoms with E-state index in [1.165, 1.54) is 12.1 Å². The van der Waals surface area contributed by atoms with E-state index in [1.807, 2.05) is 32.0 Å². The van der Waals surface area contributed by atoms with Crippen molar-refractivity contribution >= 4 is 17.6 Å². The molecule has 3 aromatic carbocycles. The maximum Gasteiger partial charge on any atom is 0.335 e. The molecule has 2 saturated heterocycles. The molecule has 0 atom stereocenters. The summed E-state index contributed by atoms with van der Waals surface area (Å²) in [6.45, 7) is 7.90. The van der Waals surface area contributed by atoms with Crippen molar-refractivity contribution in [3.05, 3.63) is 77.6 Å². The van der Waals surface area contributed by atoms with E-state index in [2.05, 4.69) is 4.90 Å². The summed E-state index contributed by atoms with van der Waals surface area (Å²) in [6, 6.07) is 17.1. The summed E-state index contributed by atoms with van der Waals surface area (Å²) >= 11 is 0. The molecular formula is C32H35FN2O5. The highest BCUT2D eigenvalue weighted by atomic mass is 19.1. The number of carbonyl (C=O) groups is 2. The number of carbonyl (C=O) groups excluding carboxylic acids is 1. The van der Waals surface area contributed by atoms with Crippen LogP contribution >= 0.6 is 0 Å². The molecule has 0 saturated carbocycles. The van der Waals surface area contributed by atoms with Crippen LogP contribution in [0.1, 0.15) is 49.0 Å². The van der Waals surface area contributed by atoms with Crippen LogP contribution in [0, 0.1) is 11.2 Å². The number of hydrogen-bond donors (Lipinski definition) is 1. The molecule has 7 nitrogen and oxygen atoms in total. The number of rotatable bonds is 9. The van der Waals surface area contributed by atoms with E-state index in [-0.39, 0.29) is 22.7 Å². The van der Waals surface area contributed by atoms with Crippen LogP contribution in [-0.4, -0.2) is 54.7 Å². The number of benzene rings is 3. The highest BCUT2D eigenvalue weighted by molar-refractivity contribution is 5.97. The fraction of sp³-hybridized carbons (Fsp3) is 0.375. The number of aromatic carboxylic acids is 1. The molecule has 2 aliphatic heterocycles. The number of ether oxygens (including phenoxy) is 2. The van der Waals surface area contributed by atoms with Gasteiger partial charge in [0.15, 0.2) is 0 Å². The Morgan fingerprint density at radius 3 is 2.20 bits per heavy atom. The average molecular weight is 547 g/mol. The highest BCUT2D eigenvalue weighted by Crippen LogP contribution is 2.44. The molecule has 8 heteroatoms. The SMILES string of the molecule is CCOc1cc(CN2CCC3(CC2)CC(=O)N(c2ccc(C(=O)O)cc2)C3)cc(OCC)c1-c1cccc(F)c1. The second-order valence-electron chi connectivity index (χ2n) is 10.6. The number of carboxylic acid groups (broad SMARTS) is 1. The number of anilines is 1. The summed E-state index contributed by atoms with van der Waals surface area (Å²) in [5, 5.41) is 9.17. The molecule has 3 aromatic rings. The second-order valence-corrected chi connectivity index (χ2v) is 10.6. The zero-order chi connectivity index (χ0) is 28.3. The van der Waals surface area contributed by atoms with Crippen LogP contribution in [0.15, 0.2) is 60.7 Å². The summed E-state index contributed by atoms with van der Waals surface area (Å²) in [5.41, 5.74) is 3.41. The fourth-order valence-corrected chi connectivity index (χ4v) is 5.90. The lowest BCUT2D eigenvalue weighted by atomic mass is 9.77. The Balaban J connectivity index is 1.30. The minimum absolute atomic E-state index is 0.0761. The lowest BCUT2D eigenvalue weighted by Gasteiger charge is -2.39. The third kappa shape index (κ3) is 5.82. The smallest absolute Gasteiger partial charge is 0.335 e. The van der Waals surface area contributed by atoms with E-state index in [9.17, 15) is 14.0 Å². The van der Waals surface area contributed by atoms with E-state index in [0.717, 1.165) is 42.7 Å². The first kappa shape index (κ1) is 27.6. The zero-order valence-electron chi connectivity index (χ0n) is 23.0. The average Bonchev–Trinajstić information content (AvgIpc) is 3.26. The molecule has 2 aliphatic rings. The summed E-state index contributed by atoms with van der Waals surface area (Å²) in [7, 11) is 0. The van der Waals surface area contributed by atoms with Gasteiger partial charge in [-0.2, -0.15) is 0 Å². The maximum atomic E-state index is 14.1. The quantitative estimate of drug-likeness (QED) is 0.354. The Hall–Kier alpha value is -3.91. The largest absolute Gasteiger partial charge is 0.493 e. The maximum absolute atomic E-state index is 14.1. The van der Waals surface area contributed by atoms with Crippen molar-refractivity contribution in [2.24, 2.45) is 5.41 Å². The molecule has 1 N–H and O–H groups in total. The molecule has 210 valence electrons. The number of hydrogen-bond acceptors (Lipinski definition) is 5. The van der Waals surface area contributed by atoms with Gasteiger partial charge < -0.3 is 19.5 Å². The van der Waals surface area contributed by atoms with E-state index < -0.39 is 5.97 Å². The van der Waals surface area contributed by atoms with Gasteiger partial charge in [-0.05, 0) is 105 Å². The third-order valence-corrected chi connectivity index (χ3v) is 7.91. The van der Waals surface area contributed by atoms with Gasteiger partial charge in [0.25, 0.3) is 0 Å². The van der Waals surface area contributed by atoms with Crippen LogP contribution in [0.2, 0.25) is 0 Å². The van der Waals surface area contributed by atoms with E-state index in [4.69, 9.17) is 14.6 Å². The molecule has 0 aliphatic carbocycles. The molecule has 1 spiro atoms. The molecule has 5 rings (SSSR count). The monoisotopic (exact) mass is 546 g/mol. The van der Waals surface area contributed by atoms with E-state index in [1.54, 1.807) is 35.2 Å². The predicted octanol–water partition coefficient (Wildman–Crippen LogP) is 6.01. The normalized spacial score (nSPS) is 16.9. The Labute approximate surface area is 234 Å². The zero-order valence-corrected chi connectivity index (χ0v) is 23.0. The number of halogens is 1. The lowest BCUT2D eigenvalue weighted by molar-refractivity contribution is -0.118. The molecule has 1 amide bonds. The number of carboxylic acids is 1. The van der Waals surface area contributed by atoms with Crippen LogP contribution in [-0.2, 0) is 11.3 Å². The van der Waals surface area contributed by atoms with Crippen molar-refractivity contribution < 1.29 is 28.6 Å². The van der Waals surface area contributed by atoms with Crippen molar-refractivity contribution in [3.63, 3.8) is 0 Å². The summed E-state index contributed by atoms with van der Waals surface area (Å²) < 4.78 is 26.1. The first-order chi connectivity index (χ1) is 19.3. The van der Waals surface area contributed by atoms with Crippen LogP contribution in [0.25, 0.3) is 11.1 Å². The third-order valence-electron chi connectivity index (χ3n) is 7.91. The van der Waals surface area contributed by atoms with Gasteiger partial charge in [0.1, 0.15) is 17.3 Å². The summed E-state index contributed by atoms with van der Waals surface area (Å²) in [6.07, 6.45) is 2.31. The minimum atomic E-state index is -0.978. The van der Waals surface area contributed by atoms with Crippen molar-refractivity contribution in [1.82, 2.24) is 4.90 Å². The summed E-state index contributed by atoms with van der Waals surface area (Å²) in [4.78, 5) is 28.3. The van der Waals surface area contributed by atoms with Crippen LogP contribution in [0.4, 0.5) is 10.1 Å². The molecule has 0 bridgehead atoms. The standard InChI is InChI=1S/C32H35FN2O5/c1-3-39-27-16-22(17-28(40-4-2)30(27)24-6-5-7-25(33)18-24)20-34-14-12-32(13-15-34)19-29(36)35(21-32)26-10-8-23(9-11-26)31(37)38/h5-11,16-18H,3-4,12-15,19-21H2,1-2H3,(H,37,38). The summed E-state index contributed by atoms with van der Waals surface area (Å²) in [5.74, 6) is 0.151. The molecule has 0 unspecified atom stereocenters. The Kier molecular flexibility index (Phi) is 8.07. The van der Waals surface area contributed by atoms with Crippen LogP contribution < -0.4 is 14.4 Å². The molecule has 2 heterocycles. The van der Waals surface area contributed by atoms with Crippen LogP contribution in [0.3, 0.4) is 0 Å². The number of nitrogens with zero attached hydrogens (tertiary/aromatic N) is 2. The van der Waals surface area contributed by atoms with E-state index in [0.29, 0.717) is 49.8 Å². The molecular weight excluding hydrogens is 511 g/mol. The van der Waals surface area contributed by atoms with Gasteiger partial charge in [0.05, 0.1) is 24.3 Å². The van der Waals surface area contributed by atoms with Crippen LogP contribution in [0.5, 0.6) is 11.5 Å². The molecule has 40 heavy (non-hydrogen) atoms. The highest BCUT2D eigenvalue weighted by Gasteiger charge is 2.45. The molecule has 2 fully saturated rings. The number of amides is 1. The first-order valence-corrected chi connectivity index (χ1v) is 13.9. The van der Waals surface area contributed by atoms with Crippen molar-refractivity contribution in [2.75, 3.05) is 37.7 Å². The second kappa shape index (κ2) is 11.7. The van der Waals surface area contributed by atoms with E-state index >= 15 is 0 Å². The first-order valence-electron chi connectivity index (χ1n) is 13.9. The van der Waals surface area contributed by atoms with Gasteiger partial charge in [0, 0.05) is 25.2 Å². The number of piperidine rings is 1. The Bertz CT molecular complexity index is 1360. The minimum Gasteiger partial charge on any atom is -0.493 e. The van der Waals surface area contributed by atoms with Gasteiger partial charge in [-0.3, -0.25) is 9.69 Å². The predicted molar refractivity (Wildman–Crippen MR) is 151 cm³/mol. The Morgan fingerprint density at radius 2 is 1.62 bits per heavy atom. The van der Waals surface area contributed by atoms with Gasteiger partial charge in [-0.1, -0.05) is 12.1 Å². The van der Waals surface area contributed by atoms with Gasteiger partial charge in [0.2, 0.25) is 5.91 Å². The topological polar surface area (TPSA) is 79.3 Å². The molecule has 0 radical (unpaired) electrons. The van der Waals surface area contributed by atoms with Gasteiger partial charge in [-0.25, -0.2) is 9.18 Å². The van der Waals surface area contributed by atoms with Crippen molar-refractivity contribution in [2.45, 2.75) is 39.7 Å². The van der Waals surface area contributed by atoms with Gasteiger partial charge >= 0.3 is 5.97 Å². The molecule has 0 aromatic heterocycles. The van der Waals surface area contributed by atoms with Crippen molar-refractivity contribution in [3.8, 4) is 22.6 Å². The van der Waals surface area contributed by atoms with Gasteiger partial charge in [-0.15, -0.1) is 0 Å². The fourth-order valence-electron chi connectivity index (χ4n) is 5.90. The lowest BCUT2D eigenvalue weighted by Crippen LogP contribution is -2.41. The Morgan fingerprint density at radius 1 is 0.975 bits per heavy atom.